The molecule has 0 fully saturated rings. The molecular formula is C17H18N2O3S. The van der Waals surface area contributed by atoms with Crippen molar-refractivity contribution >= 4 is 11.3 Å². The van der Waals surface area contributed by atoms with Crippen LogP contribution in [0.15, 0.2) is 47.2 Å². The van der Waals surface area contributed by atoms with Crippen LogP contribution in [0.1, 0.15) is 10.8 Å². The van der Waals surface area contributed by atoms with Gasteiger partial charge < -0.3 is 19.2 Å². The molecule has 0 spiro atoms. The van der Waals surface area contributed by atoms with Gasteiger partial charge in [-0.25, -0.2) is 4.98 Å². The molecule has 0 aliphatic rings. The minimum absolute atomic E-state index is 0.685. The summed E-state index contributed by atoms with van der Waals surface area (Å²) >= 11 is 1.63. The molecule has 0 bridgehead atoms. The summed E-state index contributed by atoms with van der Waals surface area (Å²) in [7, 11) is 3.28. The number of methoxy groups -OCH3 is 2. The van der Waals surface area contributed by atoms with Gasteiger partial charge in [-0.3, -0.25) is 0 Å². The van der Waals surface area contributed by atoms with Crippen LogP contribution < -0.4 is 14.8 Å². The Kier molecular flexibility index (Phi) is 4.95. The predicted molar refractivity (Wildman–Crippen MR) is 89.9 cm³/mol. The molecule has 0 radical (unpaired) electrons. The molecule has 6 heteroatoms. The summed E-state index contributed by atoms with van der Waals surface area (Å²) in [6, 6.07) is 9.67. The molecule has 0 amide bonds. The van der Waals surface area contributed by atoms with Gasteiger partial charge in [0.1, 0.15) is 10.8 Å². The highest BCUT2D eigenvalue weighted by molar-refractivity contribution is 7.15. The average Bonchev–Trinajstić information content (AvgIpc) is 3.26. The van der Waals surface area contributed by atoms with Crippen LogP contribution in [0, 0.1) is 0 Å². The summed E-state index contributed by atoms with van der Waals surface area (Å²) in [5, 5.41) is 4.33. The van der Waals surface area contributed by atoms with Gasteiger partial charge in [0, 0.05) is 18.3 Å². The van der Waals surface area contributed by atoms with E-state index in [1.165, 1.54) is 0 Å². The molecule has 5 nitrogen and oxygen atoms in total. The summed E-state index contributed by atoms with van der Waals surface area (Å²) in [6.07, 6.45) is 3.54. The normalized spacial score (nSPS) is 10.7. The zero-order chi connectivity index (χ0) is 16.1. The fourth-order valence-electron chi connectivity index (χ4n) is 2.30. The van der Waals surface area contributed by atoms with Crippen LogP contribution in [0.25, 0.3) is 10.4 Å². The number of rotatable bonds is 7. The lowest BCUT2D eigenvalue weighted by Crippen LogP contribution is -2.11. The van der Waals surface area contributed by atoms with Gasteiger partial charge in [-0.1, -0.05) is 6.07 Å². The third kappa shape index (κ3) is 3.55. The molecule has 3 aromatic rings. The molecule has 0 saturated heterocycles. The molecule has 0 aliphatic carbocycles. The third-order valence-electron chi connectivity index (χ3n) is 3.38. The van der Waals surface area contributed by atoms with E-state index in [0.29, 0.717) is 13.1 Å². The van der Waals surface area contributed by atoms with Crippen molar-refractivity contribution < 1.29 is 13.9 Å². The predicted octanol–water partition coefficient (Wildman–Crippen LogP) is 3.71. The lowest BCUT2D eigenvalue weighted by atomic mass is 10.1. The zero-order valence-corrected chi connectivity index (χ0v) is 13.9. The van der Waals surface area contributed by atoms with Gasteiger partial charge in [0.25, 0.3) is 0 Å². The Bertz CT molecular complexity index is 753. The van der Waals surface area contributed by atoms with E-state index in [4.69, 9.17) is 13.9 Å². The number of hydrogen-bond donors (Lipinski definition) is 1. The van der Waals surface area contributed by atoms with Crippen LogP contribution >= 0.6 is 11.3 Å². The Morgan fingerprint density at radius 2 is 2.04 bits per heavy atom. The lowest BCUT2D eigenvalue weighted by molar-refractivity contribution is 0.356. The SMILES string of the molecule is COc1cccc(-c2cnc(CNCc3ccco3)s2)c1OC. The largest absolute Gasteiger partial charge is 0.493 e. The topological polar surface area (TPSA) is 56.5 Å². The van der Waals surface area contributed by atoms with E-state index in [1.54, 1.807) is 31.8 Å². The van der Waals surface area contributed by atoms with E-state index in [1.807, 2.05) is 36.5 Å². The van der Waals surface area contributed by atoms with E-state index >= 15 is 0 Å². The van der Waals surface area contributed by atoms with Crippen LogP contribution in [0.2, 0.25) is 0 Å². The fourth-order valence-corrected chi connectivity index (χ4v) is 3.21. The molecule has 23 heavy (non-hydrogen) atoms. The highest BCUT2D eigenvalue weighted by Gasteiger charge is 2.13. The van der Waals surface area contributed by atoms with Crippen LogP contribution in [-0.2, 0) is 13.1 Å². The lowest BCUT2D eigenvalue weighted by Gasteiger charge is -2.10. The number of aromatic nitrogens is 1. The first-order valence-corrected chi connectivity index (χ1v) is 8.02. The third-order valence-corrected chi connectivity index (χ3v) is 4.41. The van der Waals surface area contributed by atoms with Crippen molar-refractivity contribution in [2.75, 3.05) is 14.2 Å². The molecule has 2 aromatic heterocycles. The maximum Gasteiger partial charge on any atom is 0.169 e. The summed E-state index contributed by atoms with van der Waals surface area (Å²) in [4.78, 5) is 5.52. The molecule has 120 valence electrons. The Hall–Kier alpha value is -2.31. The maximum absolute atomic E-state index is 5.49. The molecule has 1 N–H and O–H groups in total. The number of para-hydroxylation sites is 1. The van der Waals surface area contributed by atoms with Crippen LogP contribution in [0.4, 0.5) is 0 Å². The van der Waals surface area contributed by atoms with E-state index in [-0.39, 0.29) is 0 Å². The quantitative estimate of drug-likeness (QED) is 0.716. The van der Waals surface area contributed by atoms with Gasteiger partial charge in [-0.2, -0.15) is 0 Å². The van der Waals surface area contributed by atoms with Gasteiger partial charge in [0.15, 0.2) is 11.5 Å². The molecule has 0 unspecified atom stereocenters. The van der Waals surface area contributed by atoms with Crippen LogP contribution in [-0.4, -0.2) is 19.2 Å². The van der Waals surface area contributed by atoms with E-state index < -0.39 is 0 Å². The Labute approximate surface area is 138 Å². The van der Waals surface area contributed by atoms with Crippen molar-refractivity contribution in [1.29, 1.82) is 0 Å². The first-order valence-electron chi connectivity index (χ1n) is 7.21. The number of hydrogen-bond acceptors (Lipinski definition) is 6. The molecule has 0 atom stereocenters. The molecule has 0 aliphatic heterocycles. The fraction of sp³-hybridized carbons (Fsp3) is 0.235. The highest BCUT2D eigenvalue weighted by Crippen LogP contribution is 2.39. The van der Waals surface area contributed by atoms with Crippen molar-refractivity contribution in [3.63, 3.8) is 0 Å². The number of benzene rings is 1. The number of nitrogens with zero attached hydrogens (tertiary/aromatic N) is 1. The number of nitrogens with one attached hydrogen (secondary N) is 1. The monoisotopic (exact) mass is 330 g/mol. The molecule has 0 saturated carbocycles. The second-order valence-electron chi connectivity index (χ2n) is 4.84. The van der Waals surface area contributed by atoms with Gasteiger partial charge in [0.05, 0.1) is 31.9 Å². The van der Waals surface area contributed by atoms with Crippen molar-refractivity contribution in [3.8, 4) is 21.9 Å². The molecule has 1 aromatic carbocycles. The van der Waals surface area contributed by atoms with E-state index in [0.717, 1.165) is 32.7 Å². The van der Waals surface area contributed by atoms with Gasteiger partial charge >= 0.3 is 0 Å². The first-order chi connectivity index (χ1) is 11.3. The zero-order valence-electron chi connectivity index (χ0n) is 13.0. The summed E-state index contributed by atoms with van der Waals surface area (Å²) < 4.78 is 16.1. The smallest absolute Gasteiger partial charge is 0.169 e. The average molecular weight is 330 g/mol. The second kappa shape index (κ2) is 7.30. The van der Waals surface area contributed by atoms with Crippen LogP contribution in [0.3, 0.4) is 0 Å². The number of furan rings is 1. The van der Waals surface area contributed by atoms with Crippen molar-refractivity contribution in [2.24, 2.45) is 0 Å². The summed E-state index contributed by atoms with van der Waals surface area (Å²) in [5.41, 5.74) is 0.988. The molecule has 3 rings (SSSR count). The van der Waals surface area contributed by atoms with E-state index in [9.17, 15) is 0 Å². The first kappa shape index (κ1) is 15.6. The van der Waals surface area contributed by atoms with Crippen molar-refractivity contribution in [2.45, 2.75) is 13.1 Å². The minimum atomic E-state index is 0.685. The van der Waals surface area contributed by atoms with Crippen LogP contribution in [0.5, 0.6) is 11.5 Å². The Morgan fingerprint density at radius 3 is 2.78 bits per heavy atom. The second-order valence-corrected chi connectivity index (χ2v) is 5.96. The summed E-state index contributed by atoms with van der Waals surface area (Å²) in [6.45, 7) is 1.38. The molecule has 2 heterocycles. The standard InChI is InChI=1S/C17H18N2O3S/c1-20-14-7-3-6-13(17(14)21-2)15-10-19-16(23-15)11-18-9-12-5-4-8-22-12/h3-8,10,18H,9,11H2,1-2H3. The maximum atomic E-state index is 5.49. The Morgan fingerprint density at radius 1 is 1.13 bits per heavy atom. The van der Waals surface area contributed by atoms with Gasteiger partial charge in [0.2, 0.25) is 0 Å². The minimum Gasteiger partial charge on any atom is -0.493 e. The molecular weight excluding hydrogens is 312 g/mol. The number of thiazole rings is 1. The summed E-state index contributed by atoms with van der Waals surface area (Å²) in [5.74, 6) is 2.36. The van der Waals surface area contributed by atoms with Crippen molar-refractivity contribution in [3.05, 3.63) is 53.6 Å². The van der Waals surface area contributed by atoms with Gasteiger partial charge in [-0.05, 0) is 24.3 Å². The van der Waals surface area contributed by atoms with Gasteiger partial charge in [-0.15, -0.1) is 11.3 Å². The number of ether oxygens (including phenoxy) is 2. The van der Waals surface area contributed by atoms with E-state index in [2.05, 4.69) is 10.3 Å². The highest BCUT2D eigenvalue weighted by atomic mass is 32.1. The van der Waals surface area contributed by atoms with Crippen molar-refractivity contribution in [1.82, 2.24) is 10.3 Å². The Balaban J connectivity index is 1.71.